The third-order valence-corrected chi connectivity index (χ3v) is 4.34. The van der Waals surface area contributed by atoms with Crippen molar-refractivity contribution in [1.29, 1.82) is 0 Å². The lowest BCUT2D eigenvalue weighted by Gasteiger charge is -2.14. The van der Waals surface area contributed by atoms with Crippen LogP contribution in [-0.4, -0.2) is 25.7 Å². The van der Waals surface area contributed by atoms with Gasteiger partial charge in [0.05, 0.1) is 0 Å². The molecule has 0 aliphatic heterocycles. The van der Waals surface area contributed by atoms with Crippen LogP contribution >= 0.6 is 24.0 Å². The van der Waals surface area contributed by atoms with E-state index in [0.717, 1.165) is 0 Å². The number of aliphatic imine (C=N–C) groups is 1. The lowest BCUT2D eigenvalue weighted by molar-refractivity contribution is -0.0504. The SMILES string of the molecule is CN=C(NCc1ccccc1OC(F)F)NC1CC1c1c(F)cccc1F.I. The molecule has 2 aromatic carbocycles. The zero-order chi connectivity index (χ0) is 19.4. The van der Waals surface area contributed by atoms with Crippen LogP contribution in [0.2, 0.25) is 0 Å². The molecule has 0 heterocycles. The van der Waals surface area contributed by atoms with Crippen LogP contribution < -0.4 is 15.4 Å². The highest BCUT2D eigenvalue weighted by Crippen LogP contribution is 2.43. The van der Waals surface area contributed by atoms with Gasteiger partial charge in [-0.25, -0.2) is 8.78 Å². The zero-order valence-electron chi connectivity index (χ0n) is 15.0. The van der Waals surface area contributed by atoms with Crippen LogP contribution in [0.15, 0.2) is 47.5 Å². The monoisotopic (exact) mass is 509 g/mol. The molecule has 28 heavy (non-hydrogen) atoms. The molecule has 0 saturated heterocycles. The smallest absolute Gasteiger partial charge is 0.387 e. The maximum Gasteiger partial charge on any atom is 0.387 e. The Morgan fingerprint density at radius 3 is 2.46 bits per heavy atom. The Bertz CT molecular complexity index is 814. The van der Waals surface area contributed by atoms with Crippen LogP contribution in [0.5, 0.6) is 5.75 Å². The van der Waals surface area contributed by atoms with Crippen molar-refractivity contribution in [2.24, 2.45) is 4.99 Å². The van der Waals surface area contributed by atoms with E-state index in [1.54, 1.807) is 25.2 Å². The molecule has 4 nitrogen and oxygen atoms in total. The van der Waals surface area contributed by atoms with E-state index in [2.05, 4.69) is 20.4 Å². The van der Waals surface area contributed by atoms with Gasteiger partial charge in [-0.1, -0.05) is 24.3 Å². The van der Waals surface area contributed by atoms with Crippen molar-refractivity contribution in [2.45, 2.75) is 31.5 Å². The molecular formula is C19H20F4IN3O. The molecule has 1 aliphatic carbocycles. The number of alkyl halides is 2. The highest BCUT2D eigenvalue weighted by molar-refractivity contribution is 14.0. The summed E-state index contributed by atoms with van der Waals surface area (Å²) in [5, 5.41) is 6.09. The lowest BCUT2D eigenvalue weighted by atomic mass is 10.1. The van der Waals surface area contributed by atoms with Gasteiger partial charge in [0.2, 0.25) is 0 Å². The molecule has 1 aliphatic rings. The van der Waals surface area contributed by atoms with Crippen molar-refractivity contribution in [3.05, 3.63) is 65.2 Å². The molecule has 152 valence electrons. The molecule has 9 heteroatoms. The molecule has 2 atom stereocenters. The molecule has 3 rings (SSSR count). The fraction of sp³-hybridized carbons (Fsp3) is 0.316. The molecule has 2 N–H and O–H groups in total. The first-order chi connectivity index (χ1) is 13.0. The number of hydrogen-bond acceptors (Lipinski definition) is 2. The van der Waals surface area contributed by atoms with Crippen molar-refractivity contribution >= 4 is 29.9 Å². The topological polar surface area (TPSA) is 45.7 Å². The van der Waals surface area contributed by atoms with Crippen LogP contribution in [0, 0.1) is 11.6 Å². The largest absolute Gasteiger partial charge is 0.434 e. The number of rotatable bonds is 6. The van der Waals surface area contributed by atoms with E-state index in [-0.39, 0.29) is 53.8 Å². The fourth-order valence-electron chi connectivity index (χ4n) is 2.95. The molecular weight excluding hydrogens is 489 g/mol. The average Bonchev–Trinajstić information content (AvgIpc) is 3.37. The highest BCUT2D eigenvalue weighted by atomic mass is 127. The van der Waals surface area contributed by atoms with Crippen molar-refractivity contribution < 1.29 is 22.3 Å². The second-order valence-corrected chi connectivity index (χ2v) is 6.14. The number of benzene rings is 2. The van der Waals surface area contributed by atoms with E-state index in [0.29, 0.717) is 17.9 Å². The summed E-state index contributed by atoms with van der Waals surface area (Å²) in [6.45, 7) is -2.71. The quantitative estimate of drug-likeness (QED) is 0.263. The number of halogens is 5. The minimum absolute atomic E-state index is 0. The first kappa shape index (κ1) is 22.3. The van der Waals surface area contributed by atoms with Crippen LogP contribution in [0.1, 0.15) is 23.5 Å². The summed E-state index contributed by atoms with van der Waals surface area (Å²) >= 11 is 0. The van der Waals surface area contributed by atoms with Gasteiger partial charge in [0.1, 0.15) is 17.4 Å². The average molecular weight is 509 g/mol. The van der Waals surface area contributed by atoms with E-state index >= 15 is 0 Å². The molecule has 1 saturated carbocycles. The lowest BCUT2D eigenvalue weighted by Crippen LogP contribution is -2.38. The van der Waals surface area contributed by atoms with E-state index in [1.807, 2.05) is 0 Å². The maximum absolute atomic E-state index is 13.9. The Morgan fingerprint density at radius 2 is 1.82 bits per heavy atom. The van der Waals surface area contributed by atoms with Gasteiger partial charge in [0, 0.05) is 36.7 Å². The van der Waals surface area contributed by atoms with Crippen LogP contribution in [-0.2, 0) is 6.54 Å². The number of ether oxygens (including phenoxy) is 1. The predicted molar refractivity (Wildman–Crippen MR) is 109 cm³/mol. The van der Waals surface area contributed by atoms with Crippen LogP contribution in [0.25, 0.3) is 0 Å². The third-order valence-electron chi connectivity index (χ3n) is 4.34. The number of guanidine groups is 1. The van der Waals surface area contributed by atoms with Gasteiger partial charge >= 0.3 is 6.61 Å². The number of hydrogen-bond donors (Lipinski definition) is 2. The summed E-state index contributed by atoms with van der Waals surface area (Å²) in [6, 6.07) is 10.1. The van der Waals surface area contributed by atoms with Gasteiger partial charge in [0.25, 0.3) is 0 Å². The molecule has 0 bridgehead atoms. The molecule has 2 unspecified atom stereocenters. The normalized spacial score (nSPS) is 18.4. The number of para-hydroxylation sites is 1. The second kappa shape index (κ2) is 9.94. The highest BCUT2D eigenvalue weighted by Gasteiger charge is 2.42. The molecule has 0 radical (unpaired) electrons. The summed E-state index contributed by atoms with van der Waals surface area (Å²) in [6.07, 6.45) is 0.573. The summed E-state index contributed by atoms with van der Waals surface area (Å²) < 4.78 is 57.2. The molecule has 0 spiro atoms. The van der Waals surface area contributed by atoms with Gasteiger partial charge in [-0.15, -0.1) is 24.0 Å². The Kier molecular flexibility index (Phi) is 7.90. The summed E-state index contributed by atoms with van der Waals surface area (Å²) in [5.74, 6) is -0.922. The first-order valence-electron chi connectivity index (χ1n) is 8.43. The van der Waals surface area contributed by atoms with Gasteiger partial charge in [-0.2, -0.15) is 8.78 Å². The second-order valence-electron chi connectivity index (χ2n) is 6.14. The Hall–Kier alpha value is -2.04. The van der Waals surface area contributed by atoms with Gasteiger partial charge in [-0.3, -0.25) is 4.99 Å². The predicted octanol–water partition coefficient (Wildman–Crippen LogP) is 4.41. The Balaban J connectivity index is 0.00000280. The standard InChI is InChI=1S/C19H19F4N3O.HI/c1-24-19(25-10-11-5-2-3-8-16(11)27-18(22)23)26-15-9-12(15)17-13(20)6-4-7-14(17)21;/h2-8,12,15,18H,9-10H2,1H3,(H2,24,25,26);1H. The first-order valence-corrected chi connectivity index (χ1v) is 8.43. The molecule has 1 fully saturated rings. The Morgan fingerprint density at radius 1 is 1.14 bits per heavy atom. The van der Waals surface area contributed by atoms with Crippen molar-refractivity contribution in [2.75, 3.05) is 7.05 Å². The van der Waals surface area contributed by atoms with E-state index < -0.39 is 18.2 Å². The molecule has 0 aromatic heterocycles. The molecule has 0 amide bonds. The van der Waals surface area contributed by atoms with Crippen LogP contribution in [0.4, 0.5) is 17.6 Å². The minimum Gasteiger partial charge on any atom is -0.434 e. The van der Waals surface area contributed by atoms with Gasteiger partial charge in [0.15, 0.2) is 5.96 Å². The minimum atomic E-state index is -2.91. The zero-order valence-corrected chi connectivity index (χ0v) is 17.3. The summed E-state index contributed by atoms with van der Waals surface area (Å²) in [4.78, 5) is 4.06. The summed E-state index contributed by atoms with van der Waals surface area (Å²) in [5.41, 5.74) is 0.606. The maximum atomic E-state index is 13.9. The molecule has 2 aromatic rings. The number of nitrogens with zero attached hydrogens (tertiary/aromatic N) is 1. The van der Waals surface area contributed by atoms with Crippen molar-refractivity contribution in [3.63, 3.8) is 0 Å². The Labute approximate surface area is 177 Å². The fourth-order valence-corrected chi connectivity index (χ4v) is 2.95. The van der Waals surface area contributed by atoms with Gasteiger partial charge in [-0.05, 0) is 24.6 Å². The van der Waals surface area contributed by atoms with Crippen LogP contribution in [0.3, 0.4) is 0 Å². The summed E-state index contributed by atoms with van der Waals surface area (Å²) in [7, 11) is 1.55. The van der Waals surface area contributed by atoms with Crippen molar-refractivity contribution in [1.82, 2.24) is 10.6 Å². The van der Waals surface area contributed by atoms with Gasteiger partial charge < -0.3 is 15.4 Å². The third kappa shape index (κ3) is 5.49. The van der Waals surface area contributed by atoms with E-state index in [4.69, 9.17) is 0 Å². The van der Waals surface area contributed by atoms with Crippen molar-refractivity contribution in [3.8, 4) is 5.75 Å². The number of nitrogens with one attached hydrogen (secondary N) is 2. The van der Waals surface area contributed by atoms with E-state index in [9.17, 15) is 17.6 Å². The van der Waals surface area contributed by atoms with E-state index in [1.165, 1.54) is 24.3 Å².